The zero-order valence-corrected chi connectivity index (χ0v) is 32.6. The third-order valence-electron chi connectivity index (χ3n) is 12.8. The van der Waals surface area contributed by atoms with Crippen LogP contribution < -0.4 is 0 Å². The summed E-state index contributed by atoms with van der Waals surface area (Å²) in [5, 5.41) is 0. The normalized spacial score (nSPS) is 29.7. The number of hydrogen-bond acceptors (Lipinski definition) is 0. The minimum Gasteiger partial charge on any atom is -0.0599 e. The Kier molecular flexibility index (Phi) is 22.9. The quantitative estimate of drug-likeness (QED) is 0.250. The first-order valence-corrected chi connectivity index (χ1v) is 21.7. The first kappa shape index (κ1) is 41.2. The summed E-state index contributed by atoms with van der Waals surface area (Å²) in [5.41, 5.74) is 0.940. The SMILES string of the molecule is CC(C)(C)C1CCCCCCCCCCCCCC2CCCCC(CCCCCCCCCCCC(C(C)(C)C)CCCC1)C2. The topological polar surface area (TPSA) is 0 Å². The van der Waals surface area contributed by atoms with Crippen molar-refractivity contribution in [2.75, 3.05) is 0 Å². The second-order valence-electron chi connectivity index (χ2n) is 18.9. The highest BCUT2D eigenvalue weighted by atomic mass is 14.3. The van der Waals surface area contributed by atoms with Gasteiger partial charge in [0.05, 0.1) is 0 Å². The summed E-state index contributed by atoms with van der Waals surface area (Å²) in [6.45, 7) is 15.1. The van der Waals surface area contributed by atoms with Gasteiger partial charge in [0.25, 0.3) is 0 Å². The van der Waals surface area contributed by atoms with E-state index >= 15 is 0 Å². The van der Waals surface area contributed by atoms with E-state index in [2.05, 4.69) is 41.5 Å². The molecule has 0 aromatic carbocycles. The van der Waals surface area contributed by atoms with Gasteiger partial charge in [0.15, 0.2) is 0 Å². The van der Waals surface area contributed by atoms with Gasteiger partial charge in [-0.2, -0.15) is 0 Å². The van der Waals surface area contributed by atoms with Gasteiger partial charge < -0.3 is 0 Å². The molecule has 0 nitrogen and oxygen atoms in total. The summed E-state index contributed by atoms with van der Waals surface area (Å²) in [6.07, 6.45) is 49.4. The van der Waals surface area contributed by atoms with E-state index in [0.29, 0.717) is 10.8 Å². The fourth-order valence-electron chi connectivity index (χ4n) is 9.38. The van der Waals surface area contributed by atoms with E-state index in [9.17, 15) is 0 Å². The first-order valence-electron chi connectivity index (χ1n) is 21.7. The second-order valence-corrected chi connectivity index (χ2v) is 18.9. The van der Waals surface area contributed by atoms with Crippen LogP contribution in [0.15, 0.2) is 0 Å². The van der Waals surface area contributed by atoms with Crippen LogP contribution >= 0.6 is 0 Å². The van der Waals surface area contributed by atoms with Crippen molar-refractivity contribution in [1.82, 2.24) is 0 Å². The van der Waals surface area contributed by atoms with Crippen LogP contribution in [-0.4, -0.2) is 0 Å². The Morgan fingerprint density at radius 1 is 0.244 bits per heavy atom. The average Bonchev–Trinajstić information content (AvgIpc) is 3.21. The van der Waals surface area contributed by atoms with Crippen LogP contribution in [-0.2, 0) is 0 Å². The van der Waals surface area contributed by atoms with Gasteiger partial charge in [0.2, 0.25) is 0 Å². The molecule has 0 saturated heterocycles. The highest BCUT2D eigenvalue weighted by Crippen LogP contribution is 2.38. The highest BCUT2D eigenvalue weighted by molar-refractivity contribution is 4.77. The maximum atomic E-state index is 2.51. The average molecular weight is 629 g/mol. The van der Waals surface area contributed by atoms with Crippen LogP contribution in [0.1, 0.15) is 253 Å². The molecule has 0 aromatic rings. The molecular formula is C45H88. The number of hydrogen-bond donors (Lipinski definition) is 0. The van der Waals surface area contributed by atoms with Gasteiger partial charge in [-0.3, -0.25) is 0 Å². The molecule has 0 amide bonds. The summed E-state index contributed by atoms with van der Waals surface area (Å²) in [4.78, 5) is 0. The molecule has 0 radical (unpaired) electrons. The van der Waals surface area contributed by atoms with E-state index in [0.717, 1.165) is 23.7 Å². The van der Waals surface area contributed by atoms with Gasteiger partial charge in [-0.1, -0.05) is 221 Å². The lowest BCUT2D eigenvalue weighted by molar-refractivity contribution is 0.182. The Balaban J connectivity index is 1.77. The summed E-state index contributed by atoms with van der Waals surface area (Å²) < 4.78 is 0. The Labute approximate surface area is 287 Å². The summed E-state index contributed by atoms with van der Waals surface area (Å²) in [5.74, 6) is 3.95. The largest absolute Gasteiger partial charge is 0.0599 e. The van der Waals surface area contributed by atoms with E-state index in [1.807, 2.05) is 0 Å². The number of fused-ring (bicyclic) bond motifs is 2. The number of rotatable bonds is 0. The monoisotopic (exact) mass is 629 g/mol. The Morgan fingerprint density at radius 2 is 0.422 bits per heavy atom. The molecule has 0 spiro atoms. The summed E-state index contributed by atoms with van der Waals surface area (Å²) in [6, 6.07) is 0. The van der Waals surface area contributed by atoms with Gasteiger partial charge in [0.1, 0.15) is 0 Å². The molecular weight excluding hydrogens is 540 g/mol. The van der Waals surface area contributed by atoms with Crippen molar-refractivity contribution in [2.45, 2.75) is 253 Å². The smallest absolute Gasteiger partial charge is 0.0354 e. The molecule has 0 heterocycles. The first-order chi connectivity index (χ1) is 21.7. The summed E-state index contributed by atoms with van der Waals surface area (Å²) >= 11 is 0. The fourth-order valence-corrected chi connectivity index (χ4v) is 9.38. The predicted octanol–water partition coefficient (Wildman–Crippen LogP) is 16.4. The van der Waals surface area contributed by atoms with Crippen molar-refractivity contribution in [2.24, 2.45) is 34.5 Å². The van der Waals surface area contributed by atoms with E-state index < -0.39 is 0 Å². The van der Waals surface area contributed by atoms with Crippen LogP contribution in [0.3, 0.4) is 0 Å². The molecule has 2 rings (SSSR count). The fraction of sp³-hybridized carbons (Fsp3) is 1.00. The van der Waals surface area contributed by atoms with Crippen molar-refractivity contribution >= 4 is 0 Å². The Bertz CT molecular complexity index is 646. The molecule has 2 aliphatic carbocycles. The maximum absolute atomic E-state index is 2.51. The van der Waals surface area contributed by atoms with Crippen molar-refractivity contribution in [1.29, 1.82) is 0 Å². The Morgan fingerprint density at radius 3 is 0.667 bits per heavy atom. The van der Waals surface area contributed by atoms with Crippen LogP contribution in [0.5, 0.6) is 0 Å². The second kappa shape index (κ2) is 25.0. The van der Waals surface area contributed by atoms with Crippen LogP contribution in [0.2, 0.25) is 0 Å². The molecule has 0 heteroatoms. The molecule has 0 N–H and O–H groups in total. The van der Waals surface area contributed by atoms with Crippen LogP contribution in [0.4, 0.5) is 0 Å². The lowest BCUT2D eigenvalue weighted by Gasteiger charge is -2.33. The molecule has 2 aliphatic rings. The van der Waals surface area contributed by atoms with Gasteiger partial charge in [-0.15, -0.1) is 0 Å². The molecule has 2 saturated carbocycles. The Hall–Kier alpha value is 0. The van der Waals surface area contributed by atoms with Gasteiger partial charge in [-0.25, -0.2) is 0 Å². The third kappa shape index (κ3) is 21.6. The van der Waals surface area contributed by atoms with Gasteiger partial charge >= 0.3 is 0 Å². The summed E-state index contributed by atoms with van der Waals surface area (Å²) in [7, 11) is 0. The zero-order valence-electron chi connectivity index (χ0n) is 32.6. The minimum absolute atomic E-state index is 0.470. The lowest BCUT2D eigenvalue weighted by atomic mass is 9.73. The van der Waals surface area contributed by atoms with Gasteiger partial charge in [-0.05, 0) is 66.6 Å². The van der Waals surface area contributed by atoms with E-state index in [1.165, 1.54) is 180 Å². The maximum Gasteiger partial charge on any atom is -0.0354 e. The molecule has 4 atom stereocenters. The van der Waals surface area contributed by atoms with E-state index in [1.54, 1.807) is 32.1 Å². The molecule has 0 aliphatic heterocycles. The van der Waals surface area contributed by atoms with Crippen molar-refractivity contribution in [3.05, 3.63) is 0 Å². The molecule has 2 fully saturated rings. The highest BCUT2D eigenvalue weighted by Gasteiger charge is 2.26. The third-order valence-corrected chi connectivity index (χ3v) is 12.8. The molecule has 2 bridgehead atoms. The molecule has 4 unspecified atom stereocenters. The van der Waals surface area contributed by atoms with Crippen molar-refractivity contribution in [3.8, 4) is 0 Å². The minimum atomic E-state index is 0.470. The molecule has 268 valence electrons. The predicted molar refractivity (Wildman–Crippen MR) is 205 cm³/mol. The van der Waals surface area contributed by atoms with E-state index in [-0.39, 0.29) is 0 Å². The van der Waals surface area contributed by atoms with E-state index in [4.69, 9.17) is 0 Å². The lowest BCUT2D eigenvalue weighted by Crippen LogP contribution is -2.22. The van der Waals surface area contributed by atoms with Gasteiger partial charge in [0, 0.05) is 0 Å². The van der Waals surface area contributed by atoms with Crippen LogP contribution in [0, 0.1) is 34.5 Å². The van der Waals surface area contributed by atoms with Crippen molar-refractivity contribution < 1.29 is 0 Å². The molecule has 45 heavy (non-hydrogen) atoms. The van der Waals surface area contributed by atoms with Crippen LogP contribution in [0.25, 0.3) is 0 Å². The standard InChI is InChI=1S/C45H88/c1-44(2,3)42-35-25-21-17-13-9-7-8-11-15-19-23-31-40-33-27-28-34-41(39-40)32-24-20-16-12-10-14-18-22-26-36-43(45(4,5)6)38-30-29-37-42/h40-43H,7-39H2,1-6H3. The zero-order chi connectivity index (χ0) is 32.6. The molecule has 0 aromatic heterocycles. The van der Waals surface area contributed by atoms with Crippen molar-refractivity contribution in [3.63, 3.8) is 0 Å².